The van der Waals surface area contributed by atoms with Gasteiger partial charge in [-0.25, -0.2) is 0 Å². The molecule has 0 fully saturated rings. The molecule has 0 aliphatic carbocycles. The van der Waals surface area contributed by atoms with Crippen molar-refractivity contribution in [1.82, 2.24) is 5.32 Å². The van der Waals surface area contributed by atoms with Gasteiger partial charge in [0.05, 0.1) is 11.2 Å². The maximum Gasteiger partial charge on any atom is 0.352 e. The molecule has 1 unspecified atom stereocenters. The van der Waals surface area contributed by atoms with Gasteiger partial charge < -0.3 is 10.1 Å². The molecule has 1 atom stereocenters. The highest BCUT2D eigenvalue weighted by Gasteiger charge is 2.39. The van der Waals surface area contributed by atoms with E-state index >= 15 is 0 Å². The summed E-state index contributed by atoms with van der Waals surface area (Å²) in [5.41, 5.74) is 1.14. The Bertz CT molecular complexity index is 670. The minimum atomic E-state index is -0.585. The summed E-state index contributed by atoms with van der Waals surface area (Å²) in [6.45, 7) is 0.380. The zero-order valence-electron chi connectivity index (χ0n) is 11.4. The molecule has 0 radical (unpaired) electrons. The van der Waals surface area contributed by atoms with Crippen LogP contribution in [-0.4, -0.2) is 23.4 Å². The molecule has 1 aliphatic heterocycles. The first-order chi connectivity index (χ1) is 10.3. The van der Waals surface area contributed by atoms with Gasteiger partial charge in [0.25, 0.3) is 5.91 Å². The summed E-state index contributed by atoms with van der Waals surface area (Å²) in [5, 5.41) is 2.79. The number of carbonyl (C=O) groups is 1. The molecule has 5 heteroatoms. The molecular formula is C16H15N2O3+. The van der Waals surface area contributed by atoms with Gasteiger partial charge in [0.2, 0.25) is 5.75 Å². The monoisotopic (exact) mass is 283 g/mol. The third-order valence-electron chi connectivity index (χ3n) is 3.34. The number of nitroso groups, excluding NO2 is 1. The number of hydrogen-bond donors (Lipinski definition) is 1. The van der Waals surface area contributed by atoms with E-state index in [9.17, 15) is 9.70 Å². The molecule has 1 heterocycles. The Morgan fingerprint density at radius 3 is 2.57 bits per heavy atom. The minimum absolute atomic E-state index is 0.149. The Hall–Kier alpha value is -2.69. The van der Waals surface area contributed by atoms with Crippen molar-refractivity contribution in [2.75, 3.05) is 6.54 Å². The smallest absolute Gasteiger partial charge is 0.352 e. The van der Waals surface area contributed by atoms with Gasteiger partial charge in [0.15, 0.2) is 0 Å². The number of para-hydroxylation sites is 2. The second kappa shape index (κ2) is 5.75. The fraction of sp³-hybridized carbons (Fsp3) is 0.188. The molecule has 1 amide bonds. The summed E-state index contributed by atoms with van der Waals surface area (Å²) in [6.07, 6.45) is -0.157. The largest absolute Gasteiger partial charge is 0.423 e. The van der Waals surface area contributed by atoms with Crippen molar-refractivity contribution in [3.05, 3.63) is 65.1 Å². The van der Waals surface area contributed by atoms with Crippen LogP contribution in [0.4, 0.5) is 5.69 Å². The molecule has 2 aromatic carbocycles. The number of benzene rings is 2. The van der Waals surface area contributed by atoms with Crippen LogP contribution in [0.2, 0.25) is 0 Å². The average molecular weight is 283 g/mol. The Kier molecular flexibility index (Phi) is 3.64. The minimum Gasteiger partial charge on any atom is -0.423 e. The van der Waals surface area contributed by atoms with Gasteiger partial charge in [0.1, 0.15) is 0 Å². The van der Waals surface area contributed by atoms with E-state index in [2.05, 4.69) is 5.32 Å². The van der Waals surface area contributed by atoms with Gasteiger partial charge in [-0.1, -0.05) is 30.3 Å². The molecule has 0 saturated carbocycles. The van der Waals surface area contributed by atoms with Crippen LogP contribution in [0.5, 0.6) is 5.75 Å². The molecule has 0 saturated heterocycles. The summed E-state index contributed by atoms with van der Waals surface area (Å²) < 4.78 is 6.42. The highest BCUT2D eigenvalue weighted by atomic mass is 16.5. The summed E-state index contributed by atoms with van der Waals surface area (Å²) >= 11 is 0. The summed E-state index contributed by atoms with van der Waals surface area (Å²) in [4.78, 5) is 23.9. The maximum atomic E-state index is 12.0. The predicted octanol–water partition coefficient (Wildman–Crippen LogP) is 2.64. The highest BCUT2D eigenvalue weighted by Crippen LogP contribution is 2.35. The predicted molar refractivity (Wildman–Crippen MR) is 77.5 cm³/mol. The molecule has 21 heavy (non-hydrogen) atoms. The van der Waals surface area contributed by atoms with E-state index in [1.54, 1.807) is 30.3 Å². The van der Waals surface area contributed by atoms with E-state index in [0.29, 0.717) is 30.0 Å². The van der Waals surface area contributed by atoms with Crippen LogP contribution in [0.25, 0.3) is 0 Å². The molecule has 106 valence electrons. The van der Waals surface area contributed by atoms with Crippen molar-refractivity contribution in [1.29, 1.82) is 0 Å². The van der Waals surface area contributed by atoms with Crippen LogP contribution < -0.4 is 10.1 Å². The summed E-state index contributed by atoms with van der Waals surface area (Å²) in [7, 11) is 0. The van der Waals surface area contributed by atoms with Gasteiger partial charge >= 0.3 is 11.9 Å². The number of rotatable bonds is 4. The molecule has 5 nitrogen and oxygen atoms in total. The van der Waals surface area contributed by atoms with E-state index in [1.165, 1.54) is 0 Å². The lowest BCUT2D eigenvalue weighted by Gasteiger charge is -2.05. The van der Waals surface area contributed by atoms with E-state index < -0.39 is 6.23 Å². The molecule has 3 rings (SSSR count). The molecule has 2 aromatic rings. The van der Waals surface area contributed by atoms with Crippen LogP contribution in [0.1, 0.15) is 16.8 Å². The van der Waals surface area contributed by atoms with Gasteiger partial charge in [-0.05, 0) is 18.2 Å². The topological polar surface area (TPSA) is 58.4 Å². The van der Waals surface area contributed by atoms with E-state index in [1.807, 2.05) is 24.3 Å². The highest BCUT2D eigenvalue weighted by molar-refractivity contribution is 5.94. The van der Waals surface area contributed by atoms with Crippen molar-refractivity contribution in [3.63, 3.8) is 0 Å². The van der Waals surface area contributed by atoms with Crippen LogP contribution in [-0.2, 0) is 0 Å². The molecule has 0 spiro atoms. The normalized spacial score (nSPS) is 16.2. The van der Waals surface area contributed by atoms with Crippen molar-refractivity contribution in [3.8, 4) is 5.75 Å². The SMILES string of the molecule is O=C(NCCC1Oc2ccccc2[N+]1=O)c1ccccc1. The van der Waals surface area contributed by atoms with E-state index in [4.69, 9.17) is 4.74 Å². The fourth-order valence-electron chi connectivity index (χ4n) is 2.27. The van der Waals surface area contributed by atoms with Crippen molar-refractivity contribution in [2.45, 2.75) is 12.6 Å². The van der Waals surface area contributed by atoms with E-state index in [-0.39, 0.29) is 5.91 Å². The number of ether oxygens (including phenoxy) is 1. The third-order valence-corrected chi connectivity index (χ3v) is 3.34. The standard InChI is InChI=1S/C16H14N2O3/c19-16(12-6-2-1-3-7-12)17-11-10-15-18(20)13-8-4-5-9-14(13)21-15/h1-9,15H,10-11H2/p+1. The quantitative estimate of drug-likeness (QED) is 0.878. The van der Waals surface area contributed by atoms with Crippen LogP contribution >= 0.6 is 0 Å². The molecule has 0 bridgehead atoms. The zero-order valence-corrected chi connectivity index (χ0v) is 11.4. The molecule has 1 N–H and O–H groups in total. The number of fused-ring (bicyclic) bond motifs is 1. The van der Waals surface area contributed by atoms with E-state index in [0.717, 1.165) is 4.76 Å². The molecule has 1 aliphatic rings. The van der Waals surface area contributed by atoms with Crippen LogP contribution in [0.15, 0.2) is 54.6 Å². The molecule has 0 aromatic heterocycles. The first kappa shape index (κ1) is 13.3. The maximum absolute atomic E-state index is 12.0. The van der Waals surface area contributed by atoms with Gasteiger partial charge in [0, 0.05) is 23.1 Å². The number of hydrogen-bond acceptors (Lipinski definition) is 3. The lowest BCUT2D eigenvalue weighted by atomic mass is 10.2. The summed E-state index contributed by atoms with van der Waals surface area (Å²) in [6, 6.07) is 16.1. The summed E-state index contributed by atoms with van der Waals surface area (Å²) in [5.74, 6) is 0.440. The Morgan fingerprint density at radius 1 is 1.10 bits per heavy atom. The first-order valence-electron chi connectivity index (χ1n) is 6.81. The van der Waals surface area contributed by atoms with Crippen molar-refractivity contribution < 1.29 is 14.3 Å². The number of carbonyl (C=O) groups excluding carboxylic acids is 1. The fourth-order valence-corrected chi connectivity index (χ4v) is 2.27. The first-order valence-corrected chi connectivity index (χ1v) is 6.81. The Morgan fingerprint density at radius 2 is 1.81 bits per heavy atom. The number of nitrogens with one attached hydrogen (secondary N) is 1. The Balaban J connectivity index is 1.54. The van der Waals surface area contributed by atoms with Crippen molar-refractivity contribution >= 4 is 11.6 Å². The lowest BCUT2D eigenvalue weighted by Crippen LogP contribution is -2.30. The zero-order chi connectivity index (χ0) is 14.7. The van der Waals surface area contributed by atoms with Crippen LogP contribution in [0.3, 0.4) is 0 Å². The van der Waals surface area contributed by atoms with Gasteiger partial charge in [-0.3, -0.25) is 4.79 Å². The third kappa shape index (κ3) is 2.76. The molecular weight excluding hydrogens is 268 g/mol. The van der Waals surface area contributed by atoms with Crippen molar-refractivity contribution in [2.24, 2.45) is 0 Å². The second-order valence-corrected chi connectivity index (χ2v) is 4.78. The Labute approximate surface area is 122 Å². The number of nitrogens with zero attached hydrogens (tertiary/aromatic N) is 1. The van der Waals surface area contributed by atoms with Gasteiger partial charge in [-0.2, -0.15) is 0 Å². The average Bonchev–Trinajstić information content (AvgIpc) is 2.85. The second-order valence-electron chi connectivity index (χ2n) is 4.78. The van der Waals surface area contributed by atoms with Crippen LogP contribution in [0, 0.1) is 4.91 Å². The lowest BCUT2D eigenvalue weighted by molar-refractivity contribution is -0.529. The number of amides is 1. The van der Waals surface area contributed by atoms with Gasteiger partial charge in [-0.15, -0.1) is 0 Å².